The van der Waals surface area contributed by atoms with E-state index in [1.54, 1.807) is 0 Å². The first kappa shape index (κ1) is 12.4. The van der Waals surface area contributed by atoms with Crippen molar-refractivity contribution in [2.24, 2.45) is 35.1 Å². The highest BCUT2D eigenvalue weighted by Gasteiger charge is 2.46. The van der Waals surface area contributed by atoms with Crippen LogP contribution in [0.3, 0.4) is 0 Å². The lowest BCUT2D eigenvalue weighted by molar-refractivity contribution is 0.391. The molecule has 4 atom stereocenters. The molecule has 0 aliphatic heterocycles. The highest BCUT2D eigenvalue weighted by Crippen LogP contribution is 2.53. The zero-order valence-electron chi connectivity index (χ0n) is 12.1. The van der Waals surface area contributed by atoms with E-state index in [9.17, 15) is 0 Å². The van der Waals surface area contributed by atoms with Crippen LogP contribution in [0.1, 0.15) is 31.4 Å². The lowest BCUT2D eigenvalue weighted by Crippen LogP contribution is -2.46. The average Bonchev–Trinajstić information content (AvgIpc) is 2.83. The molecule has 1 fully saturated rings. The molecule has 3 aliphatic rings. The Bertz CT molecular complexity index is 639. The second kappa shape index (κ2) is 3.84. The summed E-state index contributed by atoms with van der Waals surface area (Å²) in [6.07, 6.45) is 6.11. The average molecular weight is 266 g/mol. The van der Waals surface area contributed by atoms with Crippen molar-refractivity contribution in [3.05, 3.63) is 53.1 Å². The second-order valence-electron chi connectivity index (χ2n) is 6.89. The first-order valence-electron chi connectivity index (χ1n) is 7.62. The number of hydrogen-bond donors (Lipinski definition) is 2. The SMILES string of the molecule is CC1CC2C=C3C(=CC2C1C)C(N)(N)c1ccccc13. The highest BCUT2D eigenvalue weighted by atomic mass is 15.0. The third-order valence-electron chi connectivity index (χ3n) is 5.78. The van der Waals surface area contributed by atoms with Gasteiger partial charge >= 0.3 is 0 Å². The number of rotatable bonds is 0. The molecule has 0 radical (unpaired) electrons. The third kappa shape index (κ3) is 1.41. The van der Waals surface area contributed by atoms with Gasteiger partial charge in [0.25, 0.3) is 0 Å². The topological polar surface area (TPSA) is 52.0 Å². The summed E-state index contributed by atoms with van der Waals surface area (Å²) >= 11 is 0. The van der Waals surface area contributed by atoms with E-state index < -0.39 is 5.66 Å². The molecule has 1 aromatic rings. The zero-order valence-corrected chi connectivity index (χ0v) is 12.1. The van der Waals surface area contributed by atoms with Crippen LogP contribution in [0.4, 0.5) is 0 Å². The van der Waals surface area contributed by atoms with Crippen molar-refractivity contribution in [1.82, 2.24) is 0 Å². The van der Waals surface area contributed by atoms with Crippen LogP contribution in [0.25, 0.3) is 5.57 Å². The highest BCUT2D eigenvalue weighted by molar-refractivity contribution is 5.90. The zero-order chi connectivity index (χ0) is 14.1. The number of hydrogen-bond acceptors (Lipinski definition) is 2. The molecule has 20 heavy (non-hydrogen) atoms. The maximum Gasteiger partial charge on any atom is 0.117 e. The van der Waals surface area contributed by atoms with Gasteiger partial charge in [-0.2, -0.15) is 0 Å². The van der Waals surface area contributed by atoms with E-state index >= 15 is 0 Å². The fourth-order valence-corrected chi connectivity index (χ4v) is 4.43. The Morgan fingerprint density at radius 1 is 1.10 bits per heavy atom. The number of allylic oxidation sites excluding steroid dienone is 2. The molecule has 2 heteroatoms. The molecule has 4 rings (SSSR count). The van der Waals surface area contributed by atoms with Crippen LogP contribution in [0.5, 0.6) is 0 Å². The van der Waals surface area contributed by atoms with E-state index in [0.29, 0.717) is 17.8 Å². The lowest BCUT2D eigenvalue weighted by atomic mass is 9.79. The summed E-state index contributed by atoms with van der Waals surface area (Å²) in [5.41, 5.74) is 16.9. The predicted octanol–water partition coefficient (Wildman–Crippen LogP) is 3.00. The molecule has 2 nitrogen and oxygen atoms in total. The van der Waals surface area contributed by atoms with Gasteiger partial charge in [0.2, 0.25) is 0 Å². The van der Waals surface area contributed by atoms with Crippen molar-refractivity contribution >= 4 is 5.57 Å². The van der Waals surface area contributed by atoms with Gasteiger partial charge in [-0.15, -0.1) is 0 Å². The molecule has 0 heterocycles. The number of fused-ring (bicyclic) bond motifs is 4. The van der Waals surface area contributed by atoms with Gasteiger partial charge < -0.3 is 11.5 Å². The molecule has 0 saturated heterocycles. The van der Waals surface area contributed by atoms with Crippen LogP contribution in [0.2, 0.25) is 0 Å². The largest absolute Gasteiger partial charge is 0.306 e. The minimum Gasteiger partial charge on any atom is -0.306 e. The summed E-state index contributed by atoms with van der Waals surface area (Å²) in [4.78, 5) is 0. The Hall–Kier alpha value is -1.38. The smallest absolute Gasteiger partial charge is 0.117 e. The lowest BCUT2D eigenvalue weighted by Gasteiger charge is -2.29. The van der Waals surface area contributed by atoms with Gasteiger partial charge in [-0.05, 0) is 52.4 Å². The molecule has 0 aromatic heterocycles. The third-order valence-corrected chi connectivity index (χ3v) is 5.78. The fraction of sp³-hybridized carbons (Fsp3) is 0.444. The molecule has 0 amide bonds. The van der Waals surface area contributed by atoms with Gasteiger partial charge in [0.1, 0.15) is 5.66 Å². The molecule has 104 valence electrons. The molecular weight excluding hydrogens is 244 g/mol. The van der Waals surface area contributed by atoms with Crippen molar-refractivity contribution in [2.45, 2.75) is 25.9 Å². The Labute approximate surface area is 120 Å². The molecule has 3 aliphatic carbocycles. The summed E-state index contributed by atoms with van der Waals surface area (Å²) < 4.78 is 0. The van der Waals surface area contributed by atoms with E-state index in [-0.39, 0.29) is 0 Å². The maximum absolute atomic E-state index is 6.48. The summed E-state index contributed by atoms with van der Waals surface area (Å²) in [5.74, 6) is 2.74. The molecule has 4 unspecified atom stereocenters. The van der Waals surface area contributed by atoms with Crippen LogP contribution in [-0.4, -0.2) is 0 Å². The standard InChI is InChI=1S/C18H22N2/c1-10-7-12-8-15-13-5-3-4-6-16(13)18(19,20)17(15)9-14(12)11(10)2/h3-6,8-12,14H,7,19-20H2,1-2H3. The van der Waals surface area contributed by atoms with Gasteiger partial charge in [0.05, 0.1) is 0 Å². The van der Waals surface area contributed by atoms with Gasteiger partial charge in [-0.25, -0.2) is 0 Å². The Morgan fingerprint density at radius 2 is 1.85 bits per heavy atom. The van der Waals surface area contributed by atoms with E-state index in [1.807, 2.05) is 6.07 Å². The summed E-state index contributed by atoms with van der Waals surface area (Å²) in [7, 11) is 0. The van der Waals surface area contributed by atoms with Crippen LogP contribution in [0, 0.1) is 23.7 Å². The van der Waals surface area contributed by atoms with Crippen molar-refractivity contribution in [3.8, 4) is 0 Å². The van der Waals surface area contributed by atoms with Crippen molar-refractivity contribution in [1.29, 1.82) is 0 Å². The summed E-state index contributed by atoms with van der Waals surface area (Å²) in [6.45, 7) is 4.73. The van der Waals surface area contributed by atoms with Crippen molar-refractivity contribution in [3.63, 3.8) is 0 Å². The number of benzene rings is 1. The van der Waals surface area contributed by atoms with Crippen LogP contribution in [-0.2, 0) is 5.66 Å². The molecule has 4 N–H and O–H groups in total. The minimum atomic E-state index is -0.820. The Morgan fingerprint density at radius 3 is 2.65 bits per heavy atom. The quantitative estimate of drug-likeness (QED) is 0.709. The van der Waals surface area contributed by atoms with Crippen LogP contribution >= 0.6 is 0 Å². The molecular formula is C18H22N2. The van der Waals surface area contributed by atoms with Crippen molar-refractivity contribution < 1.29 is 0 Å². The predicted molar refractivity (Wildman–Crippen MR) is 82.5 cm³/mol. The molecule has 1 saturated carbocycles. The van der Waals surface area contributed by atoms with Gasteiger partial charge in [0.15, 0.2) is 0 Å². The van der Waals surface area contributed by atoms with E-state index in [2.05, 4.69) is 44.2 Å². The van der Waals surface area contributed by atoms with Gasteiger partial charge in [-0.1, -0.05) is 50.3 Å². The number of nitrogens with two attached hydrogens (primary N) is 2. The molecule has 1 aromatic carbocycles. The first-order valence-corrected chi connectivity index (χ1v) is 7.62. The van der Waals surface area contributed by atoms with Gasteiger partial charge in [0, 0.05) is 0 Å². The van der Waals surface area contributed by atoms with Crippen LogP contribution in [0.15, 0.2) is 42.0 Å². The van der Waals surface area contributed by atoms with Crippen LogP contribution < -0.4 is 11.5 Å². The first-order chi connectivity index (χ1) is 9.50. The van der Waals surface area contributed by atoms with E-state index in [4.69, 9.17) is 11.5 Å². The van der Waals surface area contributed by atoms with Gasteiger partial charge in [-0.3, -0.25) is 0 Å². The van der Waals surface area contributed by atoms with E-state index in [1.165, 1.54) is 17.6 Å². The maximum atomic E-state index is 6.48. The molecule has 0 bridgehead atoms. The normalized spacial score (nSPS) is 36.8. The van der Waals surface area contributed by atoms with Crippen molar-refractivity contribution in [2.75, 3.05) is 0 Å². The van der Waals surface area contributed by atoms with E-state index in [0.717, 1.165) is 17.1 Å². The Balaban J connectivity index is 1.90. The minimum absolute atomic E-state index is 0.601. The second-order valence-corrected chi connectivity index (χ2v) is 6.89. The molecule has 0 spiro atoms. The monoisotopic (exact) mass is 266 g/mol. The summed E-state index contributed by atoms with van der Waals surface area (Å²) in [6, 6.07) is 8.32. The fourth-order valence-electron chi connectivity index (χ4n) is 4.43. The summed E-state index contributed by atoms with van der Waals surface area (Å²) in [5, 5.41) is 0. The Kier molecular flexibility index (Phi) is 2.37.